The molecule has 0 aromatic rings. The first kappa shape index (κ1) is 20.3. The van der Waals surface area contributed by atoms with Gasteiger partial charge in [-0.05, 0) is 26.8 Å². The van der Waals surface area contributed by atoms with Crippen LogP contribution >= 0.6 is 0 Å². The molecule has 0 spiro atoms. The van der Waals surface area contributed by atoms with Crippen molar-refractivity contribution in [1.82, 2.24) is 5.32 Å². The van der Waals surface area contributed by atoms with Crippen LogP contribution in [0.25, 0.3) is 0 Å². The second-order valence-corrected chi connectivity index (χ2v) is 8.60. The SMILES string of the molecule is CC(/C=C/C(O)=C1/C(=O)CNC1=O)=C\[C@@H](C)[C@@H]1C[C@@H]2O[C@](C)(O1)[C@@]1(C)O[C@H]1[C@@H]2O. The molecule has 158 valence electrons. The van der Waals surface area contributed by atoms with Gasteiger partial charge in [-0.1, -0.05) is 24.6 Å². The van der Waals surface area contributed by atoms with Gasteiger partial charge in [0.15, 0.2) is 11.6 Å². The summed E-state index contributed by atoms with van der Waals surface area (Å²) in [5, 5.41) is 22.9. The molecule has 4 aliphatic rings. The second-order valence-electron chi connectivity index (χ2n) is 8.60. The van der Waals surface area contributed by atoms with Crippen molar-refractivity contribution in [3.05, 3.63) is 35.1 Å². The van der Waals surface area contributed by atoms with Crippen molar-refractivity contribution < 1.29 is 34.0 Å². The second kappa shape index (κ2) is 6.77. The molecule has 4 fully saturated rings. The van der Waals surface area contributed by atoms with Crippen LogP contribution < -0.4 is 5.32 Å². The zero-order valence-electron chi connectivity index (χ0n) is 17.0. The van der Waals surface area contributed by atoms with Gasteiger partial charge in [-0.15, -0.1) is 0 Å². The number of carbonyl (C=O) groups excluding carboxylic acids is 2. The molecule has 4 aliphatic heterocycles. The van der Waals surface area contributed by atoms with Gasteiger partial charge in [-0.3, -0.25) is 9.59 Å². The lowest BCUT2D eigenvalue weighted by atomic mass is 9.83. The van der Waals surface area contributed by atoms with Gasteiger partial charge in [-0.25, -0.2) is 0 Å². The van der Waals surface area contributed by atoms with Crippen LogP contribution in [0.2, 0.25) is 0 Å². The molecule has 8 nitrogen and oxygen atoms in total. The summed E-state index contributed by atoms with van der Waals surface area (Å²) in [6.07, 6.45) is 4.09. The van der Waals surface area contributed by atoms with E-state index in [9.17, 15) is 19.8 Å². The van der Waals surface area contributed by atoms with Crippen LogP contribution in [-0.2, 0) is 23.8 Å². The topological polar surface area (TPSA) is 118 Å². The van der Waals surface area contributed by atoms with Crippen LogP contribution in [0.15, 0.2) is 35.1 Å². The van der Waals surface area contributed by atoms with Crippen molar-refractivity contribution in [2.45, 2.75) is 69.9 Å². The minimum absolute atomic E-state index is 0.00248. The number of allylic oxidation sites excluding steroid dienone is 3. The summed E-state index contributed by atoms with van der Waals surface area (Å²) >= 11 is 0. The number of ketones is 1. The van der Waals surface area contributed by atoms with Gasteiger partial charge in [0.2, 0.25) is 0 Å². The molecule has 8 heteroatoms. The fraction of sp³-hybridized carbons (Fsp3) is 0.619. The van der Waals surface area contributed by atoms with E-state index < -0.39 is 29.2 Å². The third-order valence-corrected chi connectivity index (χ3v) is 6.46. The van der Waals surface area contributed by atoms with Gasteiger partial charge in [0.25, 0.3) is 5.91 Å². The number of amides is 1. The molecule has 29 heavy (non-hydrogen) atoms. The van der Waals surface area contributed by atoms with Crippen molar-refractivity contribution in [3.63, 3.8) is 0 Å². The summed E-state index contributed by atoms with van der Waals surface area (Å²) in [7, 11) is 0. The summed E-state index contributed by atoms with van der Waals surface area (Å²) in [6, 6.07) is 0. The average Bonchev–Trinajstić information content (AvgIpc) is 3.26. The third-order valence-electron chi connectivity index (χ3n) is 6.46. The Labute approximate surface area is 169 Å². The molecule has 4 rings (SSSR count). The Bertz CT molecular complexity index is 828. The summed E-state index contributed by atoms with van der Waals surface area (Å²) in [5.74, 6) is -2.23. The highest BCUT2D eigenvalue weighted by molar-refractivity contribution is 6.25. The Morgan fingerprint density at radius 1 is 1.24 bits per heavy atom. The fourth-order valence-corrected chi connectivity index (χ4v) is 4.48. The summed E-state index contributed by atoms with van der Waals surface area (Å²) in [4.78, 5) is 23.3. The average molecular weight is 405 g/mol. The maximum absolute atomic E-state index is 11.7. The first-order valence-electron chi connectivity index (χ1n) is 9.88. The van der Waals surface area contributed by atoms with E-state index in [2.05, 4.69) is 5.32 Å². The van der Waals surface area contributed by atoms with Crippen molar-refractivity contribution in [1.29, 1.82) is 0 Å². The smallest absolute Gasteiger partial charge is 0.259 e. The largest absolute Gasteiger partial charge is 0.507 e. The molecule has 1 amide bonds. The molecule has 4 heterocycles. The molecular formula is C21H27NO7. The lowest BCUT2D eigenvalue weighted by Gasteiger charge is -2.50. The highest BCUT2D eigenvalue weighted by Crippen LogP contribution is 2.57. The highest BCUT2D eigenvalue weighted by Gasteiger charge is 2.75. The maximum Gasteiger partial charge on any atom is 0.259 e. The standard InChI is InChI=1S/C21H27NO7/c1-10(5-6-12(23)16-13(24)9-22-19(16)26)7-11(2)14-8-15-17(25)18-20(3,29-18)21(4,27-14)28-15/h5-7,11,14-15,17-18,23,25H,8-9H2,1-4H3,(H,22,26)/b6-5+,10-7+,16-12+/t11-,14+,15+,17-,18+,20+,21+/m1/s1. The molecule has 0 aliphatic carbocycles. The monoisotopic (exact) mass is 405 g/mol. The number of Topliss-reactive ketones (excluding diaryl/α,β-unsaturated/α-hetero) is 1. The number of epoxide rings is 1. The van der Waals surface area contributed by atoms with Crippen LogP contribution in [0.5, 0.6) is 0 Å². The number of rotatable bonds is 4. The third kappa shape index (κ3) is 3.24. The van der Waals surface area contributed by atoms with E-state index >= 15 is 0 Å². The Balaban J connectivity index is 1.47. The summed E-state index contributed by atoms with van der Waals surface area (Å²) in [6.45, 7) is 7.53. The first-order valence-corrected chi connectivity index (χ1v) is 9.88. The van der Waals surface area contributed by atoms with Crippen molar-refractivity contribution in [2.75, 3.05) is 6.54 Å². The highest BCUT2D eigenvalue weighted by atomic mass is 16.8. The molecule has 0 unspecified atom stereocenters. The number of aliphatic hydroxyl groups excluding tert-OH is 2. The zero-order valence-corrected chi connectivity index (χ0v) is 17.0. The van der Waals surface area contributed by atoms with Gasteiger partial charge in [-0.2, -0.15) is 0 Å². The van der Waals surface area contributed by atoms with Gasteiger partial charge in [0.05, 0.1) is 18.8 Å². The lowest BCUT2D eigenvalue weighted by molar-refractivity contribution is -0.356. The molecule has 0 radical (unpaired) electrons. The normalized spacial score (nSPS) is 44.5. The lowest BCUT2D eigenvalue weighted by Crippen LogP contribution is -2.64. The number of nitrogens with one attached hydrogen (secondary N) is 1. The van der Waals surface area contributed by atoms with E-state index in [1.54, 1.807) is 6.08 Å². The number of hydrogen-bond donors (Lipinski definition) is 3. The van der Waals surface area contributed by atoms with Crippen molar-refractivity contribution in [3.8, 4) is 0 Å². The van der Waals surface area contributed by atoms with Crippen molar-refractivity contribution >= 4 is 11.7 Å². The van der Waals surface area contributed by atoms with E-state index in [-0.39, 0.29) is 42.1 Å². The minimum Gasteiger partial charge on any atom is -0.507 e. The van der Waals surface area contributed by atoms with Crippen LogP contribution in [0.4, 0.5) is 0 Å². The predicted molar refractivity (Wildman–Crippen MR) is 102 cm³/mol. The number of ether oxygens (including phenoxy) is 3. The zero-order chi connectivity index (χ0) is 21.1. The van der Waals surface area contributed by atoms with Crippen molar-refractivity contribution in [2.24, 2.45) is 5.92 Å². The summed E-state index contributed by atoms with van der Waals surface area (Å²) < 4.78 is 18.0. The van der Waals surface area contributed by atoms with E-state index in [0.717, 1.165) is 5.57 Å². The predicted octanol–water partition coefficient (Wildman–Crippen LogP) is 1.06. The van der Waals surface area contributed by atoms with E-state index in [1.165, 1.54) is 6.08 Å². The van der Waals surface area contributed by atoms with Crippen LogP contribution in [-0.4, -0.2) is 64.3 Å². The Morgan fingerprint density at radius 3 is 2.62 bits per heavy atom. The first-order chi connectivity index (χ1) is 13.6. The molecule has 4 saturated heterocycles. The molecule has 0 saturated carbocycles. The number of fused-ring (bicyclic) bond motifs is 4. The van der Waals surface area contributed by atoms with E-state index in [4.69, 9.17) is 14.2 Å². The van der Waals surface area contributed by atoms with Crippen LogP contribution in [0.1, 0.15) is 34.1 Å². The summed E-state index contributed by atoms with van der Waals surface area (Å²) in [5.41, 5.74) is -0.0168. The molecule has 0 aromatic carbocycles. The van der Waals surface area contributed by atoms with E-state index in [1.807, 2.05) is 33.8 Å². The van der Waals surface area contributed by atoms with Crippen LogP contribution in [0, 0.1) is 5.92 Å². The van der Waals surface area contributed by atoms with Gasteiger partial charge in [0.1, 0.15) is 29.1 Å². The molecule has 2 bridgehead atoms. The van der Waals surface area contributed by atoms with Crippen LogP contribution in [0.3, 0.4) is 0 Å². The molecule has 7 atom stereocenters. The fourth-order valence-electron chi connectivity index (χ4n) is 4.48. The van der Waals surface area contributed by atoms with Gasteiger partial charge in [0, 0.05) is 12.3 Å². The molecule has 0 aromatic heterocycles. The van der Waals surface area contributed by atoms with Gasteiger partial charge < -0.3 is 29.7 Å². The van der Waals surface area contributed by atoms with Gasteiger partial charge >= 0.3 is 0 Å². The van der Waals surface area contributed by atoms with E-state index in [0.29, 0.717) is 6.42 Å². The Hall–Kier alpha value is -2.00. The Morgan fingerprint density at radius 2 is 1.97 bits per heavy atom. The number of aliphatic hydroxyl groups is 2. The minimum atomic E-state index is -0.908. The number of hydrogen-bond acceptors (Lipinski definition) is 7. The quantitative estimate of drug-likeness (QED) is 0.210. The molecular weight excluding hydrogens is 378 g/mol. The number of carbonyl (C=O) groups is 2. The Kier molecular flexibility index (Phi) is 4.73. The molecule has 3 N–H and O–H groups in total. The maximum atomic E-state index is 11.7.